The molecule has 4 aromatic rings. The highest BCUT2D eigenvalue weighted by molar-refractivity contribution is 5.63. The van der Waals surface area contributed by atoms with Gasteiger partial charge in [-0.05, 0) is 54.9 Å². The number of rotatable bonds is 9. The Labute approximate surface area is 188 Å². The van der Waals surface area contributed by atoms with Gasteiger partial charge in [0.25, 0.3) is 0 Å². The molecule has 6 nitrogen and oxygen atoms in total. The van der Waals surface area contributed by atoms with Gasteiger partial charge in [-0.15, -0.1) is 0 Å². The van der Waals surface area contributed by atoms with Crippen LogP contribution in [0.5, 0.6) is 5.75 Å². The van der Waals surface area contributed by atoms with E-state index in [4.69, 9.17) is 4.74 Å². The van der Waals surface area contributed by atoms with E-state index >= 15 is 0 Å². The van der Waals surface area contributed by atoms with E-state index in [2.05, 4.69) is 46.2 Å². The number of nitrogens with zero attached hydrogens (tertiary/aromatic N) is 4. The molecule has 0 bridgehead atoms. The van der Waals surface area contributed by atoms with E-state index in [1.54, 1.807) is 11.0 Å². The Bertz CT molecular complexity index is 1080. The van der Waals surface area contributed by atoms with Crippen molar-refractivity contribution in [1.29, 1.82) is 0 Å². The number of ether oxygens (including phenoxy) is 1. The number of aromatic nitrogens is 3. The first kappa shape index (κ1) is 21.7. The third-order valence-corrected chi connectivity index (χ3v) is 5.62. The predicted octanol–water partition coefficient (Wildman–Crippen LogP) is 4.37. The second kappa shape index (κ2) is 10.2. The molecule has 0 aliphatic heterocycles. The minimum Gasteiger partial charge on any atom is -0.491 e. The lowest BCUT2D eigenvalue weighted by atomic mass is 10.1. The Morgan fingerprint density at radius 1 is 0.938 bits per heavy atom. The van der Waals surface area contributed by atoms with Crippen molar-refractivity contribution in [3.05, 3.63) is 97.1 Å². The average Bonchev–Trinajstić information content (AvgIpc) is 3.38. The minimum atomic E-state index is -0.592. The zero-order valence-corrected chi connectivity index (χ0v) is 18.4. The van der Waals surface area contributed by atoms with Crippen LogP contribution in [0.15, 0.2) is 91.5 Å². The van der Waals surface area contributed by atoms with Crippen LogP contribution in [0.4, 0.5) is 0 Å². The number of aliphatic hydroxyl groups excluding tert-OH is 1. The third kappa shape index (κ3) is 5.41. The molecule has 0 spiro atoms. The van der Waals surface area contributed by atoms with Gasteiger partial charge in [-0.3, -0.25) is 4.90 Å². The zero-order valence-electron chi connectivity index (χ0n) is 18.4. The van der Waals surface area contributed by atoms with Crippen LogP contribution in [0.1, 0.15) is 18.5 Å². The van der Waals surface area contributed by atoms with Crippen molar-refractivity contribution in [2.45, 2.75) is 19.1 Å². The van der Waals surface area contributed by atoms with Crippen molar-refractivity contribution in [3.8, 4) is 22.6 Å². The van der Waals surface area contributed by atoms with Gasteiger partial charge in [0.05, 0.1) is 5.69 Å². The van der Waals surface area contributed by atoms with Crippen molar-refractivity contribution in [3.63, 3.8) is 0 Å². The zero-order chi connectivity index (χ0) is 22.3. The third-order valence-electron chi connectivity index (χ3n) is 5.62. The Kier molecular flexibility index (Phi) is 6.94. The van der Waals surface area contributed by atoms with Crippen molar-refractivity contribution < 1.29 is 9.84 Å². The highest BCUT2D eigenvalue weighted by Crippen LogP contribution is 2.23. The molecule has 1 heterocycles. The summed E-state index contributed by atoms with van der Waals surface area (Å²) in [6.07, 6.45) is 2.60. The van der Waals surface area contributed by atoms with Crippen LogP contribution in [0.25, 0.3) is 16.8 Å². The molecule has 2 atom stereocenters. The second-order valence-corrected chi connectivity index (χ2v) is 7.90. The summed E-state index contributed by atoms with van der Waals surface area (Å²) in [6, 6.07) is 26.5. The predicted molar refractivity (Wildman–Crippen MR) is 126 cm³/mol. The Morgan fingerprint density at radius 2 is 1.62 bits per heavy atom. The molecule has 32 heavy (non-hydrogen) atoms. The smallest absolute Gasteiger partial charge is 0.138 e. The van der Waals surface area contributed by atoms with Gasteiger partial charge in [0.15, 0.2) is 0 Å². The molecule has 0 aliphatic carbocycles. The van der Waals surface area contributed by atoms with E-state index in [0.717, 1.165) is 17.0 Å². The fourth-order valence-corrected chi connectivity index (χ4v) is 3.61. The van der Waals surface area contributed by atoms with Gasteiger partial charge >= 0.3 is 0 Å². The van der Waals surface area contributed by atoms with Crippen molar-refractivity contribution in [1.82, 2.24) is 19.7 Å². The maximum Gasteiger partial charge on any atom is 0.138 e. The molecule has 164 valence electrons. The molecule has 3 aromatic carbocycles. The van der Waals surface area contributed by atoms with Crippen LogP contribution < -0.4 is 4.74 Å². The minimum absolute atomic E-state index is 0.152. The first-order valence-corrected chi connectivity index (χ1v) is 10.7. The first-order chi connectivity index (χ1) is 15.6. The molecule has 0 unspecified atom stereocenters. The fourth-order valence-electron chi connectivity index (χ4n) is 3.61. The molecule has 6 heteroatoms. The van der Waals surface area contributed by atoms with Gasteiger partial charge in [0.1, 0.15) is 31.1 Å². The van der Waals surface area contributed by atoms with Gasteiger partial charge in [0.2, 0.25) is 0 Å². The van der Waals surface area contributed by atoms with Gasteiger partial charge in [0, 0.05) is 12.6 Å². The van der Waals surface area contributed by atoms with Crippen LogP contribution in [0.2, 0.25) is 0 Å². The van der Waals surface area contributed by atoms with E-state index in [-0.39, 0.29) is 12.6 Å². The van der Waals surface area contributed by atoms with Crippen molar-refractivity contribution >= 4 is 0 Å². The maximum atomic E-state index is 10.5. The van der Waals surface area contributed by atoms with E-state index in [1.807, 2.05) is 61.6 Å². The molecular formula is C26H28N4O2. The Hall–Kier alpha value is -3.48. The quantitative estimate of drug-likeness (QED) is 0.429. The molecule has 1 N–H and O–H groups in total. The lowest BCUT2D eigenvalue weighted by Gasteiger charge is -2.27. The van der Waals surface area contributed by atoms with E-state index in [1.165, 1.54) is 17.5 Å². The Morgan fingerprint density at radius 3 is 2.28 bits per heavy atom. The number of hydrogen-bond acceptors (Lipinski definition) is 5. The first-order valence-electron chi connectivity index (χ1n) is 10.7. The van der Waals surface area contributed by atoms with Crippen LogP contribution in [-0.4, -0.2) is 51.1 Å². The molecule has 0 saturated carbocycles. The number of hydrogen-bond donors (Lipinski definition) is 1. The summed E-state index contributed by atoms with van der Waals surface area (Å²) in [5.41, 5.74) is 4.44. The molecule has 0 fully saturated rings. The molecule has 4 rings (SSSR count). The molecular weight excluding hydrogens is 400 g/mol. The molecule has 0 radical (unpaired) electrons. The molecule has 0 aliphatic rings. The number of benzene rings is 3. The van der Waals surface area contributed by atoms with Crippen molar-refractivity contribution in [2.24, 2.45) is 0 Å². The van der Waals surface area contributed by atoms with Gasteiger partial charge in [-0.2, -0.15) is 5.10 Å². The lowest BCUT2D eigenvalue weighted by Crippen LogP contribution is -2.34. The van der Waals surface area contributed by atoms with Gasteiger partial charge < -0.3 is 9.84 Å². The van der Waals surface area contributed by atoms with Crippen LogP contribution in [-0.2, 0) is 0 Å². The molecule has 0 amide bonds. The fraction of sp³-hybridized carbons (Fsp3) is 0.231. The summed E-state index contributed by atoms with van der Waals surface area (Å²) in [6.45, 7) is 2.88. The summed E-state index contributed by atoms with van der Waals surface area (Å²) in [5, 5.41) is 14.6. The summed E-state index contributed by atoms with van der Waals surface area (Å²) in [7, 11) is 2.01. The number of likely N-dealkylation sites (N-methyl/N-ethyl adjacent to an activating group) is 1. The summed E-state index contributed by atoms with van der Waals surface area (Å²) in [4.78, 5) is 6.10. The summed E-state index contributed by atoms with van der Waals surface area (Å²) >= 11 is 0. The lowest BCUT2D eigenvalue weighted by molar-refractivity contribution is 0.0654. The monoisotopic (exact) mass is 428 g/mol. The van der Waals surface area contributed by atoms with E-state index in [0.29, 0.717) is 6.54 Å². The van der Waals surface area contributed by atoms with Gasteiger partial charge in [-0.25, -0.2) is 9.67 Å². The van der Waals surface area contributed by atoms with Crippen LogP contribution in [0.3, 0.4) is 0 Å². The highest BCUT2D eigenvalue weighted by Gasteiger charge is 2.16. The summed E-state index contributed by atoms with van der Waals surface area (Å²) in [5.74, 6) is 0.753. The normalized spacial score (nSPS) is 13.1. The summed E-state index contributed by atoms with van der Waals surface area (Å²) < 4.78 is 7.54. The van der Waals surface area contributed by atoms with Crippen LogP contribution in [0, 0.1) is 0 Å². The molecule has 1 aromatic heterocycles. The van der Waals surface area contributed by atoms with Gasteiger partial charge in [-0.1, -0.05) is 54.6 Å². The Balaban J connectivity index is 1.27. The SMILES string of the molecule is C[C@H](c1ccc(-n2cncn2)cc1)N(C)C[C@@H](O)COc1ccc(-c2ccccc2)cc1. The van der Waals surface area contributed by atoms with Crippen LogP contribution >= 0.6 is 0 Å². The average molecular weight is 429 g/mol. The topological polar surface area (TPSA) is 63.4 Å². The maximum absolute atomic E-state index is 10.5. The standard InChI is InChI=1S/C26H28N4O2/c1-20(21-8-12-24(13-9-21)30-19-27-18-28-30)29(2)16-25(31)17-32-26-14-10-23(11-15-26)22-6-4-3-5-7-22/h3-15,18-20,25,31H,16-17H2,1-2H3/t20-,25-/m1/s1. The van der Waals surface area contributed by atoms with E-state index < -0.39 is 6.10 Å². The second-order valence-electron chi connectivity index (χ2n) is 7.90. The number of aliphatic hydroxyl groups is 1. The van der Waals surface area contributed by atoms with E-state index in [9.17, 15) is 5.11 Å². The largest absolute Gasteiger partial charge is 0.491 e. The van der Waals surface area contributed by atoms with Crippen molar-refractivity contribution in [2.75, 3.05) is 20.2 Å². The highest BCUT2D eigenvalue weighted by atomic mass is 16.5. The molecule has 0 saturated heterocycles.